The SMILES string of the molecule is CCNC(=NCC1(N(C)C)CCOCC1)NC1CCCC(SCC)C1.I. The Morgan fingerprint density at radius 3 is 2.58 bits per heavy atom. The summed E-state index contributed by atoms with van der Waals surface area (Å²) in [5.41, 5.74) is 0.133. The zero-order chi connectivity index (χ0) is 18.1. The molecule has 0 spiro atoms. The molecule has 2 N–H and O–H groups in total. The van der Waals surface area contributed by atoms with Gasteiger partial charge in [0.15, 0.2) is 5.96 Å². The summed E-state index contributed by atoms with van der Waals surface area (Å²) in [6.07, 6.45) is 7.33. The minimum Gasteiger partial charge on any atom is -0.381 e. The molecule has 1 aliphatic carbocycles. The van der Waals surface area contributed by atoms with Crippen LogP contribution in [0.2, 0.25) is 0 Å². The molecular formula is C19H39IN4OS. The van der Waals surface area contributed by atoms with Gasteiger partial charge in [0, 0.05) is 36.6 Å². The van der Waals surface area contributed by atoms with E-state index in [-0.39, 0.29) is 29.5 Å². The molecule has 2 unspecified atom stereocenters. The molecule has 1 saturated heterocycles. The summed E-state index contributed by atoms with van der Waals surface area (Å²) in [5.74, 6) is 2.21. The van der Waals surface area contributed by atoms with E-state index in [0.29, 0.717) is 6.04 Å². The molecule has 0 aromatic heterocycles. The van der Waals surface area contributed by atoms with E-state index < -0.39 is 0 Å². The first-order chi connectivity index (χ1) is 12.1. The molecule has 154 valence electrons. The first-order valence-corrected chi connectivity index (χ1v) is 11.1. The maximum atomic E-state index is 5.58. The van der Waals surface area contributed by atoms with Crippen LogP contribution in [0.15, 0.2) is 4.99 Å². The Bertz CT molecular complexity index is 414. The molecule has 2 rings (SSSR count). The Hall–Kier alpha value is 0.270. The number of ether oxygens (including phenoxy) is 1. The van der Waals surface area contributed by atoms with E-state index in [4.69, 9.17) is 9.73 Å². The highest BCUT2D eigenvalue weighted by Gasteiger charge is 2.34. The monoisotopic (exact) mass is 498 g/mol. The van der Waals surface area contributed by atoms with Gasteiger partial charge in [0.2, 0.25) is 0 Å². The predicted octanol–water partition coefficient (Wildman–Crippen LogP) is 3.33. The number of thioether (sulfide) groups is 1. The fraction of sp³-hybridized carbons (Fsp3) is 0.947. The number of halogens is 1. The van der Waals surface area contributed by atoms with E-state index in [1.54, 1.807) is 0 Å². The standard InChI is InChI=1S/C19H38N4OS.HI/c1-5-20-18(22-16-8-7-9-17(14-16)25-6-2)21-15-19(23(3)4)10-12-24-13-11-19;/h16-17H,5-15H2,1-4H3,(H2,20,21,22);1H. The third-order valence-electron chi connectivity index (χ3n) is 5.62. The molecule has 0 bridgehead atoms. The first kappa shape index (κ1) is 24.3. The lowest BCUT2D eigenvalue weighted by molar-refractivity contribution is -0.00255. The lowest BCUT2D eigenvalue weighted by atomic mass is 9.89. The normalized spacial score (nSPS) is 26.3. The van der Waals surface area contributed by atoms with Crippen LogP contribution in [0.3, 0.4) is 0 Å². The van der Waals surface area contributed by atoms with E-state index in [1.165, 1.54) is 31.4 Å². The van der Waals surface area contributed by atoms with Crippen LogP contribution in [0.4, 0.5) is 0 Å². The highest BCUT2D eigenvalue weighted by molar-refractivity contribution is 14.0. The quantitative estimate of drug-likeness (QED) is 0.321. The minimum absolute atomic E-state index is 0. The Labute approximate surface area is 181 Å². The molecule has 0 amide bonds. The van der Waals surface area contributed by atoms with E-state index in [2.05, 4.69) is 55.2 Å². The zero-order valence-electron chi connectivity index (χ0n) is 17.1. The van der Waals surface area contributed by atoms with Crippen molar-refractivity contribution >= 4 is 41.7 Å². The van der Waals surface area contributed by atoms with Crippen LogP contribution in [0, 0.1) is 0 Å². The summed E-state index contributed by atoms with van der Waals surface area (Å²) in [4.78, 5) is 7.33. The molecule has 2 fully saturated rings. The summed E-state index contributed by atoms with van der Waals surface area (Å²) in [7, 11) is 4.35. The fourth-order valence-electron chi connectivity index (χ4n) is 3.90. The summed E-state index contributed by atoms with van der Waals surface area (Å²) in [6.45, 7) is 7.83. The summed E-state index contributed by atoms with van der Waals surface area (Å²) >= 11 is 2.11. The molecule has 0 aromatic carbocycles. The van der Waals surface area contributed by atoms with Crippen LogP contribution < -0.4 is 10.6 Å². The van der Waals surface area contributed by atoms with Gasteiger partial charge >= 0.3 is 0 Å². The number of hydrogen-bond donors (Lipinski definition) is 2. The highest BCUT2D eigenvalue weighted by atomic mass is 127. The van der Waals surface area contributed by atoms with Crippen LogP contribution >= 0.6 is 35.7 Å². The van der Waals surface area contributed by atoms with Crippen molar-refractivity contribution in [3.63, 3.8) is 0 Å². The number of aliphatic imine (C=N–C) groups is 1. The maximum absolute atomic E-state index is 5.58. The lowest BCUT2D eigenvalue weighted by Gasteiger charge is -2.42. The van der Waals surface area contributed by atoms with Gasteiger partial charge in [-0.1, -0.05) is 13.3 Å². The molecule has 1 heterocycles. The van der Waals surface area contributed by atoms with Gasteiger partial charge in [0.1, 0.15) is 0 Å². The second-order valence-electron chi connectivity index (χ2n) is 7.51. The maximum Gasteiger partial charge on any atom is 0.191 e. The van der Waals surface area contributed by atoms with Gasteiger partial charge in [-0.25, -0.2) is 0 Å². The smallest absolute Gasteiger partial charge is 0.191 e. The van der Waals surface area contributed by atoms with Gasteiger partial charge in [-0.15, -0.1) is 24.0 Å². The summed E-state index contributed by atoms with van der Waals surface area (Å²) in [5, 5.41) is 7.98. The van der Waals surface area contributed by atoms with E-state index in [1.807, 2.05) is 0 Å². The van der Waals surface area contributed by atoms with E-state index in [9.17, 15) is 0 Å². The molecule has 7 heteroatoms. The first-order valence-electron chi connectivity index (χ1n) is 10.0. The second-order valence-corrected chi connectivity index (χ2v) is 9.09. The molecule has 2 aliphatic rings. The largest absolute Gasteiger partial charge is 0.381 e. The predicted molar refractivity (Wildman–Crippen MR) is 125 cm³/mol. The molecular weight excluding hydrogens is 459 g/mol. The van der Waals surface area contributed by atoms with Gasteiger partial charge in [-0.3, -0.25) is 4.99 Å². The number of nitrogens with zero attached hydrogens (tertiary/aromatic N) is 2. The van der Waals surface area contributed by atoms with Crippen molar-refractivity contribution < 1.29 is 4.74 Å². The van der Waals surface area contributed by atoms with Crippen molar-refractivity contribution in [2.45, 2.75) is 69.2 Å². The Morgan fingerprint density at radius 2 is 1.96 bits per heavy atom. The molecule has 0 aromatic rings. The Morgan fingerprint density at radius 1 is 1.23 bits per heavy atom. The van der Waals surface area contributed by atoms with Gasteiger partial charge in [-0.05, 0) is 58.9 Å². The van der Waals surface area contributed by atoms with Crippen LogP contribution in [0.5, 0.6) is 0 Å². The molecule has 2 atom stereocenters. The third-order valence-corrected chi connectivity index (χ3v) is 6.85. The van der Waals surface area contributed by atoms with Crippen LogP contribution in [-0.2, 0) is 4.74 Å². The number of hydrogen-bond acceptors (Lipinski definition) is 4. The number of rotatable bonds is 7. The lowest BCUT2D eigenvalue weighted by Crippen LogP contribution is -2.52. The Kier molecular flexibility index (Phi) is 11.8. The van der Waals surface area contributed by atoms with Crippen molar-refractivity contribution in [1.82, 2.24) is 15.5 Å². The van der Waals surface area contributed by atoms with Crippen molar-refractivity contribution in [2.24, 2.45) is 4.99 Å². The van der Waals surface area contributed by atoms with Crippen molar-refractivity contribution in [3.8, 4) is 0 Å². The molecule has 5 nitrogen and oxygen atoms in total. The number of guanidine groups is 1. The Balaban J connectivity index is 0.00000338. The second kappa shape index (κ2) is 12.7. The van der Waals surface area contributed by atoms with Crippen LogP contribution in [-0.4, -0.2) is 73.8 Å². The third kappa shape index (κ3) is 7.36. The van der Waals surface area contributed by atoms with Gasteiger partial charge in [-0.2, -0.15) is 11.8 Å². The van der Waals surface area contributed by atoms with Crippen LogP contribution in [0.25, 0.3) is 0 Å². The average Bonchev–Trinajstić information content (AvgIpc) is 2.61. The average molecular weight is 499 g/mol. The van der Waals surface area contributed by atoms with Crippen molar-refractivity contribution in [2.75, 3.05) is 46.2 Å². The van der Waals surface area contributed by atoms with Crippen molar-refractivity contribution in [3.05, 3.63) is 0 Å². The van der Waals surface area contributed by atoms with Gasteiger partial charge < -0.3 is 20.3 Å². The zero-order valence-corrected chi connectivity index (χ0v) is 20.2. The summed E-state index contributed by atoms with van der Waals surface area (Å²) < 4.78 is 5.58. The molecule has 0 radical (unpaired) electrons. The van der Waals surface area contributed by atoms with Gasteiger partial charge in [0.25, 0.3) is 0 Å². The molecule has 26 heavy (non-hydrogen) atoms. The van der Waals surface area contributed by atoms with Crippen molar-refractivity contribution in [1.29, 1.82) is 0 Å². The topological polar surface area (TPSA) is 48.9 Å². The number of nitrogens with one attached hydrogen (secondary N) is 2. The number of likely N-dealkylation sites (N-methyl/N-ethyl adjacent to an activating group) is 1. The highest BCUT2D eigenvalue weighted by Crippen LogP contribution is 2.29. The van der Waals surface area contributed by atoms with Gasteiger partial charge in [0.05, 0.1) is 6.54 Å². The van der Waals surface area contributed by atoms with E-state index >= 15 is 0 Å². The molecule has 1 aliphatic heterocycles. The van der Waals surface area contributed by atoms with E-state index in [0.717, 1.165) is 50.4 Å². The summed E-state index contributed by atoms with van der Waals surface area (Å²) in [6, 6.07) is 0.556. The van der Waals surface area contributed by atoms with Crippen LogP contribution in [0.1, 0.15) is 52.4 Å². The fourth-order valence-corrected chi connectivity index (χ4v) is 5.07. The molecule has 1 saturated carbocycles. The minimum atomic E-state index is 0.